The van der Waals surface area contributed by atoms with Crippen LogP contribution in [-0.4, -0.2) is 19.4 Å². The van der Waals surface area contributed by atoms with Gasteiger partial charge in [0.25, 0.3) is 0 Å². The Balaban J connectivity index is 1.85. The van der Waals surface area contributed by atoms with E-state index in [1.165, 1.54) is 5.56 Å². The summed E-state index contributed by atoms with van der Waals surface area (Å²) < 4.78 is 3.75. The Labute approximate surface area is 124 Å². The summed E-state index contributed by atoms with van der Waals surface area (Å²) >= 11 is 0. The predicted octanol–water partition coefficient (Wildman–Crippen LogP) is 2.98. The Kier molecular flexibility index (Phi) is 3.20. The van der Waals surface area contributed by atoms with Crippen molar-refractivity contribution in [3.8, 4) is 0 Å². The van der Waals surface area contributed by atoms with Gasteiger partial charge >= 0.3 is 0 Å². The zero-order valence-electron chi connectivity index (χ0n) is 13.0. The van der Waals surface area contributed by atoms with Crippen LogP contribution in [0.3, 0.4) is 0 Å². The van der Waals surface area contributed by atoms with Crippen LogP contribution in [0.4, 0.5) is 5.69 Å². The summed E-state index contributed by atoms with van der Waals surface area (Å²) in [6.07, 6.45) is 5.90. The number of hydrogen-bond acceptors (Lipinski definition) is 3. The lowest BCUT2D eigenvalue weighted by atomic mass is 9.89. The first-order valence-electron chi connectivity index (χ1n) is 7.14. The largest absolute Gasteiger partial charge is 0.378 e. The van der Waals surface area contributed by atoms with E-state index in [0.717, 1.165) is 23.4 Å². The molecule has 1 N–H and O–H groups in total. The van der Waals surface area contributed by atoms with Crippen molar-refractivity contribution in [3.05, 3.63) is 48.0 Å². The zero-order chi connectivity index (χ0) is 15.0. The first kappa shape index (κ1) is 13.7. The summed E-state index contributed by atoms with van der Waals surface area (Å²) in [5.41, 5.74) is 4.52. The molecule has 110 valence electrons. The fourth-order valence-electron chi connectivity index (χ4n) is 2.56. The van der Waals surface area contributed by atoms with Crippen molar-refractivity contribution in [3.63, 3.8) is 0 Å². The first-order valence-corrected chi connectivity index (χ1v) is 7.14. The van der Waals surface area contributed by atoms with E-state index in [-0.39, 0.29) is 5.41 Å². The molecule has 0 unspecified atom stereocenters. The van der Waals surface area contributed by atoms with Gasteiger partial charge in [-0.25, -0.2) is 4.52 Å². The second-order valence-electron chi connectivity index (χ2n) is 6.37. The molecule has 0 aliphatic rings. The van der Waals surface area contributed by atoms with Gasteiger partial charge < -0.3 is 5.32 Å². The van der Waals surface area contributed by atoms with Crippen molar-refractivity contribution in [2.45, 2.75) is 32.7 Å². The van der Waals surface area contributed by atoms with Gasteiger partial charge in [0.05, 0.1) is 23.1 Å². The third kappa shape index (κ3) is 2.63. The highest BCUT2D eigenvalue weighted by atomic mass is 15.3. The standard InChI is InChI=1S/C16H21N5/c1-16(2,3)15-12(11-20(4)19-15)9-17-13-10-18-21-8-6-5-7-14(13)21/h5-8,10-11,17H,9H2,1-4H3. The Morgan fingerprint density at radius 1 is 1.24 bits per heavy atom. The van der Waals surface area contributed by atoms with Gasteiger partial charge in [-0.15, -0.1) is 0 Å². The van der Waals surface area contributed by atoms with Crippen molar-refractivity contribution in [1.29, 1.82) is 0 Å². The number of nitrogens with zero attached hydrogens (tertiary/aromatic N) is 4. The van der Waals surface area contributed by atoms with Crippen LogP contribution in [0.25, 0.3) is 5.52 Å². The van der Waals surface area contributed by atoms with Gasteiger partial charge in [-0.05, 0) is 12.1 Å². The lowest BCUT2D eigenvalue weighted by Gasteiger charge is -2.17. The molecule has 0 spiro atoms. The number of anilines is 1. The van der Waals surface area contributed by atoms with Crippen molar-refractivity contribution < 1.29 is 0 Å². The van der Waals surface area contributed by atoms with Crippen molar-refractivity contribution in [1.82, 2.24) is 19.4 Å². The van der Waals surface area contributed by atoms with Crippen molar-refractivity contribution in [2.75, 3.05) is 5.32 Å². The molecule has 5 nitrogen and oxygen atoms in total. The van der Waals surface area contributed by atoms with Crippen LogP contribution in [0.15, 0.2) is 36.8 Å². The molecular weight excluding hydrogens is 262 g/mol. The van der Waals surface area contributed by atoms with E-state index in [9.17, 15) is 0 Å². The maximum atomic E-state index is 4.60. The van der Waals surface area contributed by atoms with Crippen LogP contribution in [0.5, 0.6) is 0 Å². The normalized spacial score (nSPS) is 12.0. The molecule has 0 fully saturated rings. The number of fused-ring (bicyclic) bond motifs is 1. The average Bonchev–Trinajstić information content (AvgIpc) is 2.99. The van der Waals surface area contributed by atoms with E-state index < -0.39 is 0 Å². The van der Waals surface area contributed by atoms with E-state index >= 15 is 0 Å². The van der Waals surface area contributed by atoms with Crippen molar-refractivity contribution >= 4 is 11.2 Å². The number of rotatable bonds is 3. The summed E-state index contributed by atoms with van der Waals surface area (Å²) in [7, 11) is 1.97. The molecular formula is C16H21N5. The number of pyridine rings is 1. The molecule has 0 aliphatic heterocycles. The molecule has 0 saturated carbocycles. The van der Waals surface area contributed by atoms with Crippen LogP contribution in [0.2, 0.25) is 0 Å². The second-order valence-corrected chi connectivity index (χ2v) is 6.37. The number of hydrogen-bond donors (Lipinski definition) is 1. The van der Waals surface area contributed by atoms with Crippen LogP contribution < -0.4 is 5.32 Å². The molecule has 0 aromatic carbocycles. The highest BCUT2D eigenvalue weighted by molar-refractivity contribution is 5.70. The maximum absolute atomic E-state index is 4.60. The topological polar surface area (TPSA) is 47.2 Å². The van der Waals surface area contributed by atoms with Gasteiger partial charge in [0.15, 0.2) is 0 Å². The van der Waals surface area contributed by atoms with Crippen LogP contribution in [0.1, 0.15) is 32.0 Å². The number of aromatic nitrogens is 4. The van der Waals surface area contributed by atoms with E-state index in [4.69, 9.17) is 0 Å². The third-order valence-corrected chi connectivity index (χ3v) is 3.51. The number of nitrogens with one attached hydrogen (secondary N) is 1. The lowest BCUT2D eigenvalue weighted by molar-refractivity contribution is 0.549. The Morgan fingerprint density at radius 3 is 2.81 bits per heavy atom. The van der Waals surface area contributed by atoms with Crippen LogP contribution in [-0.2, 0) is 19.0 Å². The molecule has 3 aromatic rings. The summed E-state index contributed by atoms with van der Waals surface area (Å²) in [6.45, 7) is 7.31. The monoisotopic (exact) mass is 283 g/mol. The summed E-state index contributed by atoms with van der Waals surface area (Å²) in [5.74, 6) is 0. The minimum absolute atomic E-state index is 0.0410. The molecule has 0 amide bonds. The van der Waals surface area contributed by atoms with E-state index in [1.54, 1.807) is 0 Å². The predicted molar refractivity (Wildman–Crippen MR) is 84.4 cm³/mol. The Morgan fingerprint density at radius 2 is 2.05 bits per heavy atom. The lowest BCUT2D eigenvalue weighted by Crippen LogP contribution is -2.16. The molecule has 0 aliphatic carbocycles. The Bertz CT molecular complexity index is 760. The van der Waals surface area contributed by atoms with Crippen molar-refractivity contribution in [2.24, 2.45) is 7.05 Å². The average molecular weight is 283 g/mol. The van der Waals surface area contributed by atoms with Gasteiger partial charge in [0, 0.05) is 37.0 Å². The molecule has 0 saturated heterocycles. The molecule has 0 atom stereocenters. The SMILES string of the molecule is Cn1cc(CNc2cnn3ccccc23)c(C(C)(C)C)n1. The highest BCUT2D eigenvalue weighted by Gasteiger charge is 2.21. The Hall–Kier alpha value is -2.30. The van der Waals surface area contributed by atoms with Gasteiger partial charge in [-0.3, -0.25) is 4.68 Å². The van der Waals surface area contributed by atoms with Gasteiger partial charge in [0.2, 0.25) is 0 Å². The van der Waals surface area contributed by atoms with Gasteiger partial charge in [0.1, 0.15) is 0 Å². The van der Waals surface area contributed by atoms with Gasteiger partial charge in [-0.1, -0.05) is 26.8 Å². The van der Waals surface area contributed by atoms with Gasteiger partial charge in [-0.2, -0.15) is 10.2 Å². The van der Waals surface area contributed by atoms with E-state index in [1.807, 2.05) is 40.8 Å². The molecule has 0 bridgehead atoms. The van der Waals surface area contributed by atoms with Crippen LogP contribution >= 0.6 is 0 Å². The molecule has 3 rings (SSSR count). The second kappa shape index (κ2) is 4.91. The fourth-order valence-corrected chi connectivity index (χ4v) is 2.56. The minimum Gasteiger partial charge on any atom is -0.378 e. The fraction of sp³-hybridized carbons (Fsp3) is 0.375. The smallest absolute Gasteiger partial charge is 0.0893 e. The third-order valence-electron chi connectivity index (χ3n) is 3.51. The zero-order valence-corrected chi connectivity index (χ0v) is 13.0. The van der Waals surface area contributed by atoms with E-state index in [2.05, 4.69) is 48.5 Å². The number of aryl methyl sites for hydroxylation is 1. The summed E-state index contributed by atoms with van der Waals surface area (Å²) in [5, 5.41) is 12.4. The van der Waals surface area contributed by atoms with Crippen LogP contribution in [0, 0.1) is 0 Å². The summed E-state index contributed by atoms with van der Waals surface area (Å²) in [6, 6.07) is 6.05. The molecule has 5 heteroatoms. The summed E-state index contributed by atoms with van der Waals surface area (Å²) in [4.78, 5) is 0. The molecule has 3 heterocycles. The molecule has 3 aromatic heterocycles. The molecule has 0 radical (unpaired) electrons. The quantitative estimate of drug-likeness (QED) is 0.804. The minimum atomic E-state index is 0.0410. The van der Waals surface area contributed by atoms with E-state index in [0.29, 0.717) is 0 Å². The molecule has 21 heavy (non-hydrogen) atoms. The maximum Gasteiger partial charge on any atom is 0.0893 e. The first-order chi connectivity index (χ1) is 9.95. The highest BCUT2D eigenvalue weighted by Crippen LogP contribution is 2.25.